The molecule has 0 bridgehead atoms. The minimum atomic E-state index is -5.22. The number of nitrogens with zero attached hydrogens (tertiary/aromatic N) is 8. The number of amides is 1. The molecule has 3 aromatic rings. The van der Waals surface area contributed by atoms with Crippen molar-refractivity contribution in [2.75, 3.05) is 48.0 Å². The number of rotatable bonds is 11. The van der Waals surface area contributed by atoms with Crippen LogP contribution in [0.1, 0.15) is 24.5 Å². The molecule has 48 heavy (non-hydrogen) atoms. The van der Waals surface area contributed by atoms with Gasteiger partial charge in [-0.15, -0.1) is 0 Å². The van der Waals surface area contributed by atoms with Gasteiger partial charge in [-0.25, -0.2) is 19.6 Å². The molecule has 1 unspecified atom stereocenters. The number of halogens is 10. The molecule has 0 spiro atoms. The first kappa shape index (κ1) is 36.0. The number of piperazine rings is 1. The second-order valence-electron chi connectivity index (χ2n) is 10.1. The first-order valence-electron chi connectivity index (χ1n) is 13.5. The lowest BCUT2D eigenvalue weighted by Crippen LogP contribution is -2.51. The van der Waals surface area contributed by atoms with Crippen molar-refractivity contribution in [1.82, 2.24) is 29.7 Å². The monoisotopic (exact) mass is 703 g/mol. The smallest absolute Gasteiger partial charge is 0.423 e. The number of nitrogens with one attached hydrogen (secondary N) is 1. The van der Waals surface area contributed by atoms with Gasteiger partial charge in [0.25, 0.3) is 11.4 Å². The summed E-state index contributed by atoms with van der Waals surface area (Å²) in [6.45, 7) is -1.61. The topological polar surface area (TPSA) is 140 Å². The van der Waals surface area contributed by atoms with E-state index in [0.29, 0.717) is 24.8 Å². The number of alkyl halides is 9. The third kappa shape index (κ3) is 9.16. The maximum absolute atomic E-state index is 14.5. The Hall–Kier alpha value is -4.83. The van der Waals surface area contributed by atoms with Crippen molar-refractivity contribution in [3.63, 3.8) is 0 Å². The number of hydrogen-bond donors (Lipinski definition) is 1. The van der Waals surface area contributed by atoms with Crippen LogP contribution in [0.3, 0.4) is 0 Å². The summed E-state index contributed by atoms with van der Waals surface area (Å²) in [5.74, 6) is -2.88. The second-order valence-corrected chi connectivity index (χ2v) is 10.1. The fraction of sp³-hybridized carbons (Fsp3) is 0.480. The minimum absolute atomic E-state index is 0.0308. The number of carbonyl (C=O) groups excluding carboxylic acids is 1. The summed E-state index contributed by atoms with van der Waals surface area (Å²) < 4.78 is 141. The van der Waals surface area contributed by atoms with E-state index in [1.807, 2.05) is 0 Å². The molecule has 1 N–H and O–H groups in total. The molecule has 1 fully saturated rings. The highest BCUT2D eigenvalue weighted by Gasteiger charge is 2.39. The van der Waals surface area contributed by atoms with E-state index in [4.69, 9.17) is 4.74 Å². The Morgan fingerprint density at radius 1 is 0.917 bits per heavy atom. The van der Waals surface area contributed by atoms with Gasteiger partial charge in [-0.3, -0.25) is 14.5 Å². The van der Waals surface area contributed by atoms with Crippen molar-refractivity contribution in [3.8, 4) is 5.88 Å². The van der Waals surface area contributed by atoms with E-state index in [9.17, 15) is 53.5 Å². The minimum Gasteiger partial charge on any atom is -0.473 e. The van der Waals surface area contributed by atoms with Crippen LogP contribution in [0.5, 0.6) is 5.88 Å². The molecule has 4 rings (SSSR count). The van der Waals surface area contributed by atoms with E-state index in [1.165, 1.54) is 11.8 Å². The Morgan fingerprint density at radius 2 is 1.58 bits per heavy atom. The van der Waals surface area contributed by atoms with Crippen LogP contribution in [0.15, 0.2) is 29.6 Å². The number of hydrogen-bond acceptors (Lipinski definition) is 11. The number of carbonyl (C=O) groups is 1. The van der Waals surface area contributed by atoms with Crippen molar-refractivity contribution in [1.29, 1.82) is 0 Å². The molecule has 1 atom stereocenters. The zero-order valence-corrected chi connectivity index (χ0v) is 24.3. The molecule has 1 saturated heterocycles. The number of ether oxygens (including phenoxy) is 2. The average molecular weight is 703 g/mol. The van der Waals surface area contributed by atoms with E-state index in [0.717, 1.165) is 4.90 Å². The summed E-state index contributed by atoms with van der Waals surface area (Å²) in [5.41, 5.74) is -5.31. The largest absolute Gasteiger partial charge is 0.473 e. The fourth-order valence-corrected chi connectivity index (χ4v) is 4.07. The first-order valence-corrected chi connectivity index (χ1v) is 13.5. The molecule has 4 heterocycles. The quantitative estimate of drug-likeness (QED) is 0.231. The molecule has 1 aliphatic heterocycles. The van der Waals surface area contributed by atoms with Crippen LogP contribution in [-0.4, -0.2) is 80.7 Å². The van der Waals surface area contributed by atoms with E-state index in [-0.39, 0.29) is 29.7 Å². The normalized spacial score (nSPS) is 15.1. The standard InChI is InChI=1S/C25H23F10N9O4/c1-13(40-16-9-39-44(12-47-5-2-23(27,28)29)20(46)18(16)25(33,34)35)11-48-19-15(26)8-38-22(41-19)43-4-3-42(10-17(43)45)21-36-6-14(7-37-21)24(30,31)32/h6-9,13,40H,2-5,10-12H2,1H3. The van der Waals surface area contributed by atoms with Gasteiger partial charge in [-0.1, -0.05) is 0 Å². The van der Waals surface area contributed by atoms with Crippen LogP contribution >= 0.6 is 0 Å². The van der Waals surface area contributed by atoms with Gasteiger partial charge < -0.3 is 19.7 Å². The predicted molar refractivity (Wildman–Crippen MR) is 142 cm³/mol. The van der Waals surface area contributed by atoms with Gasteiger partial charge in [0.05, 0.1) is 42.7 Å². The van der Waals surface area contributed by atoms with Crippen LogP contribution in [0.2, 0.25) is 0 Å². The summed E-state index contributed by atoms with van der Waals surface area (Å²) in [7, 11) is 0. The number of aromatic nitrogens is 6. The molecule has 262 valence electrons. The van der Waals surface area contributed by atoms with Gasteiger partial charge in [-0.05, 0) is 6.92 Å². The van der Waals surface area contributed by atoms with Crippen LogP contribution in [0, 0.1) is 5.82 Å². The van der Waals surface area contributed by atoms with Gasteiger partial charge in [0.2, 0.25) is 23.6 Å². The summed E-state index contributed by atoms with van der Waals surface area (Å²) >= 11 is 0. The summed E-state index contributed by atoms with van der Waals surface area (Å²) in [5, 5.41) is 5.86. The van der Waals surface area contributed by atoms with Crippen LogP contribution in [-0.2, 0) is 28.6 Å². The lowest BCUT2D eigenvalue weighted by atomic mass is 10.2. The van der Waals surface area contributed by atoms with Crippen molar-refractivity contribution in [2.45, 2.75) is 44.6 Å². The van der Waals surface area contributed by atoms with Gasteiger partial charge in [0.1, 0.15) is 25.4 Å². The third-order valence-electron chi connectivity index (χ3n) is 6.35. The number of anilines is 3. The Kier molecular flexibility index (Phi) is 10.6. The van der Waals surface area contributed by atoms with Crippen LogP contribution < -0.4 is 25.4 Å². The summed E-state index contributed by atoms with van der Waals surface area (Å²) in [4.78, 5) is 42.5. The maximum Gasteiger partial charge on any atom is 0.423 e. The molecule has 0 saturated carbocycles. The van der Waals surface area contributed by atoms with E-state index in [2.05, 4.69) is 35.1 Å². The molecule has 3 aromatic heterocycles. The van der Waals surface area contributed by atoms with Gasteiger partial charge in [-0.2, -0.15) is 54.0 Å². The lowest BCUT2D eigenvalue weighted by Gasteiger charge is -2.33. The second kappa shape index (κ2) is 14.1. The van der Waals surface area contributed by atoms with Crippen LogP contribution in [0.25, 0.3) is 0 Å². The highest BCUT2D eigenvalue weighted by atomic mass is 19.4. The van der Waals surface area contributed by atoms with Crippen molar-refractivity contribution in [3.05, 3.63) is 52.1 Å². The first-order chi connectivity index (χ1) is 22.3. The summed E-state index contributed by atoms with van der Waals surface area (Å²) in [6, 6.07) is -1.06. The lowest BCUT2D eigenvalue weighted by molar-refractivity contribution is -0.148. The molecule has 1 amide bonds. The molecule has 13 nitrogen and oxygen atoms in total. The fourth-order valence-electron chi connectivity index (χ4n) is 4.07. The van der Waals surface area contributed by atoms with Crippen molar-refractivity contribution < 1.29 is 58.2 Å². The zero-order valence-electron chi connectivity index (χ0n) is 24.3. The van der Waals surface area contributed by atoms with Crippen molar-refractivity contribution in [2.24, 2.45) is 0 Å². The van der Waals surface area contributed by atoms with Crippen molar-refractivity contribution >= 4 is 23.5 Å². The molecule has 0 aliphatic carbocycles. The Labute approximate surface area is 262 Å². The van der Waals surface area contributed by atoms with Gasteiger partial charge in [0, 0.05) is 25.5 Å². The molecule has 0 radical (unpaired) electrons. The third-order valence-corrected chi connectivity index (χ3v) is 6.35. The van der Waals surface area contributed by atoms with Gasteiger partial charge in [0.15, 0.2) is 0 Å². The Bertz CT molecular complexity index is 1650. The highest BCUT2D eigenvalue weighted by Crippen LogP contribution is 2.32. The molecule has 23 heteroatoms. The Morgan fingerprint density at radius 3 is 2.19 bits per heavy atom. The molecule has 1 aliphatic rings. The highest BCUT2D eigenvalue weighted by molar-refractivity contribution is 5.96. The van der Waals surface area contributed by atoms with Crippen LogP contribution in [0.4, 0.5) is 61.5 Å². The molecular formula is C25H23F10N9O4. The Balaban J connectivity index is 1.39. The van der Waals surface area contributed by atoms with E-state index in [1.54, 1.807) is 0 Å². The van der Waals surface area contributed by atoms with E-state index < -0.39 is 97.5 Å². The van der Waals surface area contributed by atoms with Gasteiger partial charge >= 0.3 is 18.5 Å². The molecule has 0 aromatic carbocycles. The SMILES string of the molecule is CC(COc1nc(N2CCN(c3ncc(C(F)(F)F)cn3)CC2=O)ncc1F)Nc1cnn(COCCC(F)(F)F)c(=O)c1C(F)(F)F. The molecular weight excluding hydrogens is 680 g/mol. The summed E-state index contributed by atoms with van der Waals surface area (Å²) in [6.07, 6.45) is -13.4. The van der Waals surface area contributed by atoms with E-state index >= 15 is 0 Å². The predicted octanol–water partition coefficient (Wildman–Crippen LogP) is 3.66. The maximum atomic E-state index is 14.5. The average Bonchev–Trinajstić information content (AvgIpc) is 2.98. The zero-order chi connectivity index (χ0) is 35.4.